The fourth-order valence-corrected chi connectivity index (χ4v) is 4.59. The number of hydrogen-bond donors (Lipinski definition) is 1. The van der Waals surface area contributed by atoms with Crippen LogP contribution in [0.5, 0.6) is 0 Å². The zero-order chi connectivity index (χ0) is 16.8. The van der Waals surface area contributed by atoms with Crippen LogP contribution in [0, 0.1) is 13.8 Å². The molecule has 0 bridgehead atoms. The lowest BCUT2D eigenvalue weighted by Gasteiger charge is -2.22. The fraction of sp³-hybridized carbons (Fsp3) is 0.533. The van der Waals surface area contributed by atoms with Gasteiger partial charge in [-0.1, -0.05) is 0 Å². The summed E-state index contributed by atoms with van der Waals surface area (Å²) >= 11 is 0. The molecule has 1 aromatic rings. The van der Waals surface area contributed by atoms with E-state index in [1.165, 1.54) is 16.4 Å². The molecule has 0 saturated carbocycles. The Morgan fingerprint density at radius 1 is 1.26 bits per heavy atom. The van der Waals surface area contributed by atoms with Crippen molar-refractivity contribution in [2.24, 2.45) is 0 Å². The predicted octanol–water partition coefficient (Wildman–Crippen LogP) is 1.14. The van der Waals surface area contributed by atoms with Crippen LogP contribution >= 0.6 is 0 Å². The summed E-state index contributed by atoms with van der Waals surface area (Å²) in [5, 5.41) is 9.26. The third kappa shape index (κ3) is 2.76. The van der Waals surface area contributed by atoms with Gasteiger partial charge in [0.25, 0.3) is 0 Å². The average molecular weight is 341 g/mol. The maximum atomic E-state index is 12.8. The van der Waals surface area contributed by atoms with Gasteiger partial charge < -0.3 is 14.6 Å². The van der Waals surface area contributed by atoms with Crippen molar-refractivity contribution in [2.45, 2.75) is 31.0 Å². The number of carboxylic acids is 1. The molecule has 0 aromatic heterocycles. The second kappa shape index (κ2) is 5.55. The number of carboxylic acid groups (broad SMARTS) is 1. The van der Waals surface area contributed by atoms with Crippen molar-refractivity contribution in [3.63, 3.8) is 0 Å². The van der Waals surface area contributed by atoms with Crippen LogP contribution in [-0.2, 0) is 19.5 Å². The molecule has 1 spiro atoms. The summed E-state index contributed by atoms with van der Waals surface area (Å²) in [5.41, 5.74) is 1.20. The van der Waals surface area contributed by atoms with Crippen LogP contribution in [0.25, 0.3) is 0 Å². The second-order valence-corrected chi connectivity index (χ2v) is 7.85. The maximum absolute atomic E-state index is 12.8. The average Bonchev–Trinajstić information content (AvgIpc) is 3.12. The largest absolute Gasteiger partial charge is 0.478 e. The van der Waals surface area contributed by atoms with E-state index in [-0.39, 0.29) is 23.5 Å². The van der Waals surface area contributed by atoms with Crippen LogP contribution in [0.4, 0.5) is 0 Å². The fourth-order valence-electron chi connectivity index (χ4n) is 3.01. The molecule has 8 heteroatoms. The normalized spacial score (nSPS) is 21.1. The van der Waals surface area contributed by atoms with E-state index in [9.17, 15) is 18.3 Å². The van der Waals surface area contributed by atoms with E-state index in [1.54, 1.807) is 13.8 Å². The first-order chi connectivity index (χ1) is 10.8. The second-order valence-electron chi connectivity index (χ2n) is 5.91. The number of nitrogens with zero attached hydrogens (tertiary/aromatic N) is 1. The number of rotatable bonds is 3. The Labute approximate surface area is 134 Å². The molecule has 2 saturated heterocycles. The van der Waals surface area contributed by atoms with Crippen molar-refractivity contribution in [3.05, 3.63) is 28.8 Å². The van der Waals surface area contributed by atoms with Gasteiger partial charge in [0, 0.05) is 13.0 Å². The molecule has 23 heavy (non-hydrogen) atoms. The van der Waals surface area contributed by atoms with Gasteiger partial charge in [-0.15, -0.1) is 0 Å². The molecular weight excluding hydrogens is 322 g/mol. The quantitative estimate of drug-likeness (QED) is 0.886. The van der Waals surface area contributed by atoms with Crippen molar-refractivity contribution in [1.29, 1.82) is 0 Å². The molecule has 0 atom stereocenters. The van der Waals surface area contributed by atoms with E-state index in [2.05, 4.69) is 0 Å². The first-order valence-electron chi connectivity index (χ1n) is 7.38. The van der Waals surface area contributed by atoms with Crippen molar-refractivity contribution < 1.29 is 27.8 Å². The number of carbonyl (C=O) groups is 1. The van der Waals surface area contributed by atoms with Gasteiger partial charge in [0.05, 0.1) is 30.2 Å². The molecule has 0 aliphatic carbocycles. The molecule has 2 heterocycles. The summed E-state index contributed by atoms with van der Waals surface area (Å²) in [6, 6.07) is 2.74. The summed E-state index contributed by atoms with van der Waals surface area (Å²) in [7, 11) is -3.79. The van der Waals surface area contributed by atoms with E-state index in [4.69, 9.17) is 9.47 Å². The van der Waals surface area contributed by atoms with Crippen molar-refractivity contribution in [2.75, 3.05) is 26.3 Å². The SMILES string of the molecule is Cc1cc(S(=O)(=O)N2CCC3(C2)OCCO3)cc(C(=O)O)c1C. The zero-order valence-electron chi connectivity index (χ0n) is 13.0. The Hall–Kier alpha value is -1.48. The molecular formula is C15H19NO6S. The lowest BCUT2D eigenvalue weighted by atomic mass is 10.0. The van der Waals surface area contributed by atoms with Crippen LogP contribution in [-0.4, -0.2) is 55.9 Å². The minimum atomic E-state index is -3.79. The summed E-state index contributed by atoms with van der Waals surface area (Å²) in [6.07, 6.45) is 0.475. The van der Waals surface area contributed by atoms with Gasteiger partial charge in [-0.05, 0) is 37.1 Å². The molecule has 1 N–H and O–H groups in total. The molecule has 7 nitrogen and oxygen atoms in total. The highest BCUT2D eigenvalue weighted by atomic mass is 32.2. The van der Waals surface area contributed by atoms with E-state index < -0.39 is 21.8 Å². The third-order valence-electron chi connectivity index (χ3n) is 4.48. The highest BCUT2D eigenvalue weighted by Gasteiger charge is 2.47. The summed E-state index contributed by atoms with van der Waals surface area (Å²) < 4.78 is 38.1. The topological polar surface area (TPSA) is 93.1 Å². The van der Waals surface area contributed by atoms with Gasteiger partial charge in [0.1, 0.15) is 0 Å². The molecule has 2 aliphatic rings. The van der Waals surface area contributed by atoms with Gasteiger partial charge >= 0.3 is 5.97 Å². The Bertz CT molecular complexity index is 751. The minimum absolute atomic E-state index is 0.00542. The minimum Gasteiger partial charge on any atom is -0.478 e. The molecule has 0 amide bonds. The number of hydrogen-bond acceptors (Lipinski definition) is 5. The molecule has 0 radical (unpaired) electrons. The number of sulfonamides is 1. The van der Waals surface area contributed by atoms with Crippen molar-refractivity contribution >= 4 is 16.0 Å². The monoisotopic (exact) mass is 341 g/mol. The number of benzene rings is 1. The highest BCUT2D eigenvalue weighted by molar-refractivity contribution is 7.89. The number of ether oxygens (including phenoxy) is 2. The third-order valence-corrected chi connectivity index (χ3v) is 6.30. The zero-order valence-corrected chi connectivity index (χ0v) is 13.9. The van der Waals surface area contributed by atoms with E-state index in [0.717, 1.165) is 0 Å². The van der Waals surface area contributed by atoms with Crippen LogP contribution in [0.3, 0.4) is 0 Å². The molecule has 1 aromatic carbocycles. The lowest BCUT2D eigenvalue weighted by molar-refractivity contribution is -0.142. The maximum Gasteiger partial charge on any atom is 0.336 e. The first kappa shape index (κ1) is 16.4. The number of aromatic carboxylic acids is 1. The Balaban J connectivity index is 1.96. The van der Waals surface area contributed by atoms with E-state index in [1.807, 2.05) is 0 Å². The van der Waals surface area contributed by atoms with Crippen LogP contribution in [0.2, 0.25) is 0 Å². The van der Waals surface area contributed by atoms with Gasteiger partial charge in [0.2, 0.25) is 10.0 Å². The van der Waals surface area contributed by atoms with Gasteiger partial charge in [0.15, 0.2) is 5.79 Å². The number of aryl methyl sites for hydroxylation is 1. The van der Waals surface area contributed by atoms with Crippen molar-refractivity contribution in [3.8, 4) is 0 Å². The van der Waals surface area contributed by atoms with Gasteiger partial charge in [-0.3, -0.25) is 0 Å². The Kier molecular flexibility index (Phi) is 3.96. The Morgan fingerprint density at radius 2 is 1.91 bits per heavy atom. The predicted molar refractivity (Wildman–Crippen MR) is 80.9 cm³/mol. The highest BCUT2D eigenvalue weighted by Crippen LogP contribution is 2.34. The van der Waals surface area contributed by atoms with E-state index >= 15 is 0 Å². The molecule has 3 rings (SSSR count). The van der Waals surface area contributed by atoms with Crippen LogP contribution in [0.15, 0.2) is 17.0 Å². The van der Waals surface area contributed by atoms with Gasteiger partial charge in [-0.2, -0.15) is 4.31 Å². The lowest BCUT2D eigenvalue weighted by Crippen LogP contribution is -2.37. The molecule has 126 valence electrons. The van der Waals surface area contributed by atoms with Gasteiger partial charge in [-0.25, -0.2) is 13.2 Å². The molecule has 0 unspecified atom stereocenters. The Morgan fingerprint density at radius 3 is 2.52 bits per heavy atom. The smallest absolute Gasteiger partial charge is 0.336 e. The van der Waals surface area contributed by atoms with E-state index in [0.29, 0.717) is 30.8 Å². The van der Waals surface area contributed by atoms with Crippen molar-refractivity contribution in [1.82, 2.24) is 4.31 Å². The first-order valence-corrected chi connectivity index (χ1v) is 8.82. The molecule has 2 fully saturated rings. The summed E-state index contributed by atoms with van der Waals surface area (Å²) in [6.45, 7) is 4.71. The van der Waals surface area contributed by atoms with Crippen LogP contribution < -0.4 is 0 Å². The standard InChI is InChI=1S/C15H19NO6S/c1-10-7-12(8-13(11(10)2)14(17)18)23(19,20)16-4-3-15(9-16)21-5-6-22-15/h7-8H,3-6,9H2,1-2H3,(H,17,18). The summed E-state index contributed by atoms with van der Waals surface area (Å²) in [4.78, 5) is 11.3. The summed E-state index contributed by atoms with van der Waals surface area (Å²) in [5.74, 6) is -1.98. The molecule has 2 aliphatic heterocycles. The van der Waals surface area contributed by atoms with Crippen LogP contribution in [0.1, 0.15) is 27.9 Å².